The standard InChI is InChI=1S/C15H13ClO2/c1-10-4-2-3-5-11(10)14-12(16)6-7-13-15(14)18-9-8-17-13/h2-7H,8-9H2,1H3. The molecule has 0 saturated carbocycles. The van der Waals surface area contributed by atoms with Gasteiger partial charge in [0.2, 0.25) is 0 Å². The number of aryl methyl sites for hydroxylation is 1. The molecule has 3 rings (SSSR count). The van der Waals surface area contributed by atoms with E-state index in [2.05, 4.69) is 19.1 Å². The molecule has 2 aromatic rings. The Morgan fingerprint density at radius 2 is 1.78 bits per heavy atom. The molecular weight excluding hydrogens is 248 g/mol. The van der Waals surface area contributed by atoms with Gasteiger partial charge < -0.3 is 9.47 Å². The fraction of sp³-hybridized carbons (Fsp3) is 0.200. The van der Waals surface area contributed by atoms with E-state index in [-0.39, 0.29) is 0 Å². The maximum absolute atomic E-state index is 6.33. The summed E-state index contributed by atoms with van der Waals surface area (Å²) >= 11 is 6.33. The molecule has 0 fully saturated rings. The molecule has 1 aliphatic rings. The van der Waals surface area contributed by atoms with Crippen molar-refractivity contribution in [2.24, 2.45) is 0 Å². The van der Waals surface area contributed by atoms with Crippen LogP contribution in [0.1, 0.15) is 5.56 Å². The fourth-order valence-corrected chi connectivity index (χ4v) is 2.45. The minimum absolute atomic E-state index is 0.562. The van der Waals surface area contributed by atoms with Gasteiger partial charge in [0.05, 0.1) is 5.02 Å². The lowest BCUT2D eigenvalue weighted by molar-refractivity contribution is 0.172. The van der Waals surface area contributed by atoms with Crippen LogP contribution in [0.4, 0.5) is 0 Å². The number of rotatable bonds is 1. The highest BCUT2D eigenvalue weighted by molar-refractivity contribution is 6.33. The monoisotopic (exact) mass is 260 g/mol. The highest BCUT2D eigenvalue weighted by Gasteiger charge is 2.20. The topological polar surface area (TPSA) is 18.5 Å². The highest BCUT2D eigenvalue weighted by Crippen LogP contribution is 2.45. The van der Waals surface area contributed by atoms with E-state index in [1.54, 1.807) is 0 Å². The fourth-order valence-electron chi connectivity index (χ4n) is 2.20. The summed E-state index contributed by atoms with van der Waals surface area (Å²) in [6, 6.07) is 11.8. The van der Waals surface area contributed by atoms with Gasteiger partial charge in [-0.1, -0.05) is 35.9 Å². The van der Waals surface area contributed by atoms with Crippen LogP contribution in [0.5, 0.6) is 11.5 Å². The van der Waals surface area contributed by atoms with Crippen molar-refractivity contribution in [1.29, 1.82) is 0 Å². The molecule has 0 aromatic heterocycles. The molecule has 2 nitrogen and oxygen atoms in total. The Morgan fingerprint density at radius 1 is 1.00 bits per heavy atom. The lowest BCUT2D eigenvalue weighted by atomic mass is 9.99. The summed E-state index contributed by atoms with van der Waals surface area (Å²) in [5, 5.41) is 0.688. The summed E-state index contributed by atoms with van der Waals surface area (Å²) in [6.07, 6.45) is 0. The number of halogens is 1. The molecule has 1 aliphatic heterocycles. The predicted molar refractivity (Wildman–Crippen MR) is 72.6 cm³/mol. The van der Waals surface area contributed by atoms with Crippen LogP contribution >= 0.6 is 11.6 Å². The molecule has 3 heteroatoms. The Bertz CT molecular complexity index is 593. The second kappa shape index (κ2) is 4.54. The van der Waals surface area contributed by atoms with E-state index in [1.165, 1.54) is 5.56 Å². The van der Waals surface area contributed by atoms with E-state index >= 15 is 0 Å². The molecule has 0 N–H and O–H groups in total. The lowest BCUT2D eigenvalue weighted by Gasteiger charge is -2.22. The average Bonchev–Trinajstić information content (AvgIpc) is 2.40. The van der Waals surface area contributed by atoms with Crippen molar-refractivity contribution in [2.45, 2.75) is 6.92 Å². The minimum Gasteiger partial charge on any atom is -0.486 e. The van der Waals surface area contributed by atoms with E-state index in [1.807, 2.05) is 24.3 Å². The minimum atomic E-state index is 0.562. The zero-order valence-corrected chi connectivity index (χ0v) is 10.8. The number of hydrogen-bond acceptors (Lipinski definition) is 2. The van der Waals surface area contributed by atoms with E-state index in [0.717, 1.165) is 22.6 Å². The Balaban J connectivity index is 2.25. The Morgan fingerprint density at radius 3 is 2.61 bits per heavy atom. The van der Waals surface area contributed by atoms with Crippen molar-refractivity contribution in [3.05, 3.63) is 47.0 Å². The van der Waals surface area contributed by atoms with Crippen molar-refractivity contribution >= 4 is 11.6 Å². The van der Waals surface area contributed by atoms with E-state index in [0.29, 0.717) is 18.2 Å². The maximum atomic E-state index is 6.33. The van der Waals surface area contributed by atoms with Crippen molar-refractivity contribution in [3.8, 4) is 22.6 Å². The van der Waals surface area contributed by atoms with Crippen molar-refractivity contribution in [2.75, 3.05) is 13.2 Å². The van der Waals surface area contributed by atoms with Crippen LogP contribution in [-0.4, -0.2) is 13.2 Å². The second-order valence-corrected chi connectivity index (χ2v) is 4.67. The first-order valence-electron chi connectivity index (χ1n) is 5.91. The van der Waals surface area contributed by atoms with Crippen molar-refractivity contribution in [1.82, 2.24) is 0 Å². The molecule has 0 spiro atoms. The van der Waals surface area contributed by atoms with E-state index < -0.39 is 0 Å². The third kappa shape index (κ3) is 1.83. The zero-order valence-electron chi connectivity index (χ0n) is 10.1. The second-order valence-electron chi connectivity index (χ2n) is 4.26. The highest BCUT2D eigenvalue weighted by atomic mass is 35.5. The maximum Gasteiger partial charge on any atom is 0.170 e. The first kappa shape index (κ1) is 11.4. The molecule has 18 heavy (non-hydrogen) atoms. The number of fused-ring (bicyclic) bond motifs is 1. The molecule has 0 radical (unpaired) electrons. The quantitative estimate of drug-likeness (QED) is 0.769. The first-order chi connectivity index (χ1) is 8.77. The van der Waals surface area contributed by atoms with Crippen LogP contribution in [0.15, 0.2) is 36.4 Å². The molecule has 0 bridgehead atoms. The lowest BCUT2D eigenvalue weighted by Crippen LogP contribution is -2.16. The van der Waals surface area contributed by atoms with Gasteiger partial charge in [-0.15, -0.1) is 0 Å². The third-order valence-corrected chi connectivity index (χ3v) is 3.39. The van der Waals surface area contributed by atoms with Gasteiger partial charge in [-0.2, -0.15) is 0 Å². The van der Waals surface area contributed by atoms with Crippen LogP contribution in [0, 0.1) is 6.92 Å². The van der Waals surface area contributed by atoms with Crippen LogP contribution < -0.4 is 9.47 Å². The Kier molecular flexibility index (Phi) is 2.88. The molecule has 0 amide bonds. The molecule has 1 heterocycles. The normalized spacial score (nSPS) is 13.4. The molecule has 0 saturated heterocycles. The van der Waals surface area contributed by atoms with Crippen LogP contribution in [0.2, 0.25) is 5.02 Å². The van der Waals surface area contributed by atoms with Crippen molar-refractivity contribution < 1.29 is 9.47 Å². The van der Waals surface area contributed by atoms with Gasteiger partial charge >= 0.3 is 0 Å². The van der Waals surface area contributed by atoms with Crippen molar-refractivity contribution in [3.63, 3.8) is 0 Å². The third-order valence-electron chi connectivity index (χ3n) is 3.07. The summed E-state index contributed by atoms with van der Waals surface area (Å²) in [4.78, 5) is 0. The largest absolute Gasteiger partial charge is 0.486 e. The molecule has 2 aromatic carbocycles. The predicted octanol–water partition coefficient (Wildman–Crippen LogP) is 4.09. The van der Waals surface area contributed by atoms with Gasteiger partial charge in [0.15, 0.2) is 11.5 Å². The van der Waals surface area contributed by atoms with Gasteiger partial charge in [0.25, 0.3) is 0 Å². The van der Waals surface area contributed by atoms with Crippen LogP contribution in [-0.2, 0) is 0 Å². The molecule has 0 unspecified atom stereocenters. The smallest absolute Gasteiger partial charge is 0.170 e. The Hall–Kier alpha value is -1.67. The molecule has 92 valence electrons. The first-order valence-corrected chi connectivity index (χ1v) is 6.29. The van der Waals surface area contributed by atoms with E-state index in [9.17, 15) is 0 Å². The zero-order chi connectivity index (χ0) is 12.5. The SMILES string of the molecule is Cc1ccccc1-c1c(Cl)ccc2c1OCCO2. The number of ether oxygens (including phenoxy) is 2. The number of hydrogen-bond donors (Lipinski definition) is 0. The average molecular weight is 261 g/mol. The van der Waals surface area contributed by atoms with Gasteiger partial charge in [0.1, 0.15) is 13.2 Å². The Labute approximate surface area is 111 Å². The van der Waals surface area contributed by atoms with Gasteiger partial charge in [-0.25, -0.2) is 0 Å². The number of benzene rings is 2. The molecular formula is C15H13ClO2. The van der Waals surface area contributed by atoms with Crippen LogP contribution in [0.3, 0.4) is 0 Å². The molecule has 0 aliphatic carbocycles. The summed E-state index contributed by atoms with van der Waals surface area (Å²) in [5.41, 5.74) is 3.18. The van der Waals surface area contributed by atoms with Gasteiger partial charge in [-0.3, -0.25) is 0 Å². The summed E-state index contributed by atoms with van der Waals surface area (Å²) < 4.78 is 11.3. The molecule has 0 atom stereocenters. The summed E-state index contributed by atoms with van der Waals surface area (Å²) in [5.74, 6) is 1.52. The van der Waals surface area contributed by atoms with E-state index in [4.69, 9.17) is 21.1 Å². The summed E-state index contributed by atoms with van der Waals surface area (Å²) in [6.45, 7) is 3.21. The van der Waals surface area contributed by atoms with Crippen LogP contribution in [0.25, 0.3) is 11.1 Å². The van der Waals surface area contributed by atoms with Gasteiger partial charge in [-0.05, 0) is 30.2 Å². The summed E-state index contributed by atoms with van der Waals surface area (Å²) in [7, 11) is 0. The van der Waals surface area contributed by atoms with Gasteiger partial charge in [0, 0.05) is 5.56 Å².